The minimum absolute atomic E-state index is 0.503. The molecule has 0 spiro atoms. The normalized spacial score (nSPS) is 11.0. The molecule has 9 heteroatoms. The third-order valence-electron chi connectivity index (χ3n) is 3.36. The number of nitrogens with zero attached hydrogens (tertiary/aromatic N) is 3. The highest BCUT2D eigenvalue weighted by atomic mass is 16.7. The summed E-state index contributed by atoms with van der Waals surface area (Å²) in [5, 5.41) is 33.0. The van der Waals surface area contributed by atoms with Crippen LogP contribution < -0.4 is 0 Å². The molecule has 0 unspecified atom stereocenters. The first-order valence-electron chi connectivity index (χ1n) is 6.46. The lowest BCUT2D eigenvalue weighted by Crippen LogP contribution is -2.50. The van der Waals surface area contributed by atoms with Crippen molar-refractivity contribution >= 4 is 0 Å². The van der Waals surface area contributed by atoms with Gasteiger partial charge in [-0.15, -0.1) is 0 Å². The molecule has 2 aromatic rings. The molecule has 0 bridgehead atoms. The van der Waals surface area contributed by atoms with Gasteiger partial charge in [-0.1, -0.05) is 42.5 Å². The summed E-state index contributed by atoms with van der Waals surface area (Å²) in [4.78, 5) is 28.5. The maximum Gasteiger partial charge on any atom is 0.728 e. The molecule has 0 heterocycles. The summed E-state index contributed by atoms with van der Waals surface area (Å²) < 4.78 is 0. The van der Waals surface area contributed by atoms with Gasteiger partial charge in [-0.25, -0.2) is 0 Å². The van der Waals surface area contributed by atoms with Gasteiger partial charge in [-0.05, 0) is 29.7 Å². The predicted molar refractivity (Wildman–Crippen MR) is 78.4 cm³/mol. The van der Waals surface area contributed by atoms with Gasteiger partial charge in [0.25, 0.3) is 0 Å². The van der Waals surface area contributed by atoms with Gasteiger partial charge in [0.1, 0.15) is 0 Å². The SMILES string of the molecule is O=[N+]([O-])C(c1ccc(Cc2ccccc2)cc1)([N+](=O)[O-])[N+](=O)[O-]. The van der Waals surface area contributed by atoms with E-state index in [0.29, 0.717) is 6.42 Å². The average molecular weight is 317 g/mol. The lowest BCUT2D eigenvalue weighted by Gasteiger charge is -2.09. The molecule has 0 aliphatic rings. The summed E-state index contributed by atoms with van der Waals surface area (Å²) in [7, 11) is 0. The summed E-state index contributed by atoms with van der Waals surface area (Å²) in [5.41, 5.74) is 1.10. The second kappa shape index (κ2) is 6.18. The van der Waals surface area contributed by atoms with E-state index in [4.69, 9.17) is 0 Å². The van der Waals surface area contributed by atoms with Gasteiger partial charge < -0.3 is 0 Å². The Labute approximate surface area is 129 Å². The summed E-state index contributed by atoms with van der Waals surface area (Å²) in [5.74, 6) is -3.59. The van der Waals surface area contributed by atoms with Gasteiger partial charge in [0.05, 0.1) is 0 Å². The second-order valence-corrected chi connectivity index (χ2v) is 4.77. The molecule has 0 N–H and O–H groups in total. The van der Waals surface area contributed by atoms with Crippen LogP contribution in [0.2, 0.25) is 0 Å². The highest BCUT2D eigenvalue weighted by Gasteiger charge is 2.72. The monoisotopic (exact) mass is 317 g/mol. The van der Waals surface area contributed by atoms with E-state index in [1.54, 1.807) is 0 Å². The molecule has 0 fully saturated rings. The van der Waals surface area contributed by atoms with E-state index in [2.05, 4.69) is 0 Å². The van der Waals surface area contributed by atoms with E-state index in [1.165, 1.54) is 12.1 Å². The van der Waals surface area contributed by atoms with Gasteiger partial charge in [-0.2, -0.15) is 0 Å². The van der Waals surface area contributed by atoms with Crippen molar-refractivity contribution in [2.45, 2.75) is 12.2 Å². The number of hydrogen-bond acceptors (Lipinski definition) is 6. The Morgan fingerprint density at radius 3 is 1.57 bits per heavy atom. The fourth-order valence-corrected chi connectivity index (χ4v) is 2.19. The van der Waals surface area contributed by atoms with Crippen LogP contribution in [0, 0.1) is 30.3 Å². The van der Waals surface area contributed by atoms with E-state index < -0.39 is 26.1 Å². The van der Waals surface area contributed by atoms with Crippen molar-refractivity contribution < 1.29 is 14.8 Å². The zero-order valence-electron chi connectivity index (χ0n) is 11.7. The topological polar surface area (TPSA) is 129 Å². The van der Waals surface area contributed by atoms with Gasteiger partial charge in [-0.3, -0.25) is 30.3 Å². The Kier molecular flexibility index (Phi) is 4.30. The van der Waals surface area contributed by atoms with E-state index in [0.717, 1.165) is 23.3 Å². The minimum atomic E-state index is -3.59. The van der Waals surface area contributed by atoms with Crippen LogP contribution in [-0.4, -0.2) is 14.8 Å². The number of benzene rings is 2. The highest BCUT2D eigenvalue weighted by Crippen LogP contribution is 2.27. The molecule has 9 nitrogen and oxygen atoms in total. The summed E-state index contributed by atoms with van der Waals surface area (Å²) in [6.07, 6.45) is 0.503. The average Bonchev–Trinajstić information content (AvgIpc) is 2.49. The number of nitro groups is 3. The first-order chi connectivity index (χ1) is 10.9. The molecule has 2 aromatic carbocycles. The highest BCUT2D eigenvalue weighted by molar-refractivity contribution is 5.29. The molecule has 0 aromatic heterocycles. The molecular weight excluding hydrogens is 306 g/mol. The fourth-order valence-electron chi connectivity index (χ4n) is 2.19. The largest absolute Gasteiger partial charge is 0.728 e. The van der Waals surface area contributed by atoms with Crippen molar-refractivity contribution in [3.63, 3.8) is 0 Å². The van der Waals surface area contributed by atoms with Crippen molar-refractivity contribution in [3.8, 4) is 0 Å². The molecule has 0 amide bonds. The Balaban J connectivity index is 2.38. The number of hydrogen-bond donors (Lipinski definition) is 0. The lowest BCUT2D eigenvalue weighted by molar-refractivity contribution is -0.986. The van der Waals surface area contributed by atoms with Crippen LogP contribution in [0.4, 0.5) is 0 Å². The van der Waals surface area contributed by atoms with Crippen molar-refractivity contribution in [3.05, 3.63) is 102 Å². The van der Waals surface area contributed by atoms with Crippen LogP contribution in [0.15, 0.2) is 54.6 Å². The zero-order valence-corrected chi connectivity index (χ0v) is 11.7. The van der Waals surface area contributed by atoms with Crippen LogP contribution >= 0.6 is 0 Å². The van der Waals surface area contributed by atoms with Crippen LogP contribution in [0.25, 0.3) is 0 Å². The Morgan fingerprint density at radius 2 is 1.13 bits per heavy atom. The van der Waals surface area contributed by atoms with Gasteiger partial charge in [0, 0.05) is 0 Å². The molecule has 0 saturated heterocycles. The van der Waals surface area contributed by atoms with E-state index >= 15 is 0 Å². The minimum Gasteiger partial charge on any atom is -0.252 e. The summed E-state index contributed by atoms with van der Waals surface area (Å²) >= 11 is 0. The van der Waals surface area contributed by atoms with Crippen molar-refractivity contribution in [1.82, 2.24) is 0 Å². The van der Waals surface area contributed by atoms with Gasteiger partial charge in [0.15, 0.2) is 20.3 Å². The Hall–Kier alpha value is -3.36. The summed E-state index contributed by atoms with van der Waals surface area (Å²) in [6.45, 7) is 0. The third-order valence-corrected chi connectivity index (χ3v) is 3.36. The first-order valence-corrected chi connectivity index (χ1v) is 6.46. The standard InChI is InChI=1S/C14H11N3O6/c18-15(19)14(16(20)21,17(22)23)13-8-6-12(7-9-13)10-11-4-2-1-3-5-11/h1-9H,10H2. The van der Waals surface area contributed by atoms with E-state index in [9.17, 15) is 30.3 Å². The lowest BCUT2D eigenvalue weighted by atomic mass is 10.0. The van der Waals surface area contributed by atoms with Gasteiger partial charge in [0.2, 0.25) is 0 Å². The molecule has 0 aliphatic carbocycles. The van der Waals surface area contributed by atoms with Crippen LogP contribution in [0.3, 0.4) is 0 Å². The maximum atomic E-state index is 11.0. The Morgan fingerprint density at radius 1 is 0.696 bits per heavy atom. The molecule has 23 heavy (non-hydrogen) atoms. The second-order valence-electron chi connectivity index (χ2n) is 4.77. The first kappa shape index (κ1) is 16.0. The molecule has 0 radical (unpaired) electrons. The fraction of sp³-hybridized carbons (Fsp3) is 0.143. The quantitative estimate of drug-likeness (QED) is 0.456. The van der Waals surface area contributed by atoms with Crippen molar-refractivity contribution in [2.24, 2.45) is 0 Å². The summed E-state index contributed by atoms with van der Waals surface area (Å²) in [6, 6.07) is 14.2. The molecule has 118 valence electrons. The van der Waals surface area contributed by atoms with Gasteiger partial charge >= 0.3 is 5.79 Å². The molecule has 2 rings (SSSR count). The van der Waals surface area contributed by atoms with Crippen LogP contribution in [0.5, 0.6) is 0 Å². The smallest absolute Gasteiger partial charge is 0.252 e. The van der Waals surface area contributed by atoms with E-state index in [-0.39, 0.29) is 0 Å². The predicted octanol–water partition coefficient (Wildman–Crippen LogP) is 2.22. The maximum absolute atomic E-state index is 11.0. The van der Waals surface area contributed by atoms with Crippen molar-refractivity contribution in [1.29, 1.82) is 0 Å². The van der Waals surface area contributed by atoms with Crippen molar-refractivity contribution in [2.75, 3.05) is 0 Å². The molecule has 0 aliphatic heterocycles. The number of rotatable bonds is 6. The molecular formula is C14H11N3O6. The molecule has 0 atom stereocenters. The third kappa shape index (κ3) is 2.84. The van der Waals surface area contributed by atoms with E-state index in [1.807, 2.05) is 30.3 Å². The molecule has 0 saturated carbocycles. The van der Waals surface area contributed by atoms with Crippen LogP contribution in [0.1, 0.15) is 16.7 Å². The Bertz CT molecular complexity index is 709. The zero-order chi connectivity index (χ0) is 17.0. The van der Waals surface area contributed by atoms with Crippen LogP contribution in [-0.2, 0) is 12.2 Å².